The van der Waals surface area contributed by atoms with E-state index in [4.69, 9.17) is 17.2 Å². The topological polar surface area (TPSA) is 375 Å². The van der Waals surface area contributed by atoms with Gasteiger partial charge in [0.05, 0.1) is 18.2 Å². The van der Waals surface area contributed by atoms with E-state index in [0.29, 0.717) is 11.1 Å². The van der Waals surface area contributed by atoms with Crippen LogP contribution in [0.4, 0.5) is 0 Å². The van der Waals surface area contributed by atoms with Gasteiger partial charge in [-0.05, 0) is 88.4 Å². The third kappa shape index (κ3) is 16.4. The molecule has 2 heterocycles. The molecule has 5 rings (SSSR count). The lowest BCUT2D eigenvalue weighted by Gasteiger charge is -2.36. The molecule has 1 aliphatic heterocycles. The van der Waals surface area contributed by atoms with E-state index in [-0.39, 0.29) is 50.2 Å². The third-order valence-corrected chi connectivity index (χ3v) is 15.5. The van der Waals surface area contributed by atoms with Gasteiger partial charge in [0.25, 0.3) is 0 Å². The molecule has 24 heteroatoms. The van der Waals surface area contributed by atoms with E-state index >= 15 is 0 Å². The summed E-state index contributed by atoms with van der Waals surface area (Å²) in [5, 5.41) is 50.5. The van der Waals surface area contributed by atoms with Crippen molar-refractivity contribution in [3.05, 3.63) is 102 Å². The van der Waals surface area contributed by atoms with Crippen LogP contribution in [0.1, 0.15) is 57.2 Å². The predicted molar refractivity (Wildman–Crippen MR) is 280 cm³/mol. The van der Waals surface area contributed by atoms with Crippen molar-refractivity contribution in [2.75, 3.05) is 12.3 Å². The summed E-state index contributed by atoms with van der Waals surface area (Å²) in [5.41, 5.74) is 20.3. The van der Waals surface area contributed by atoms with Gasteiger partial charge in [-0.3, -0.25) is 38.4 Å². The monoisotopic (exact) mass is 1060 g/mol. The number of hydrogen-bond acceptors (Lipinski definition) is 15. The number of hydrogen-bond donors (Lipinski definition) is 14. The second-order valence-electron chi connectivity index (χ2n) is 18.7. The lowest BCUT2D eigenvalue weighted by molar-refractivity contribution is -0.137. The Bertz CT molecular complexity index is 2600. The Kier molecular flexibility index (Phi) is 21.2. The van der Waals surface area contributed by atoms with E-state index in [2.05, 4.69) is 42.2 Å². The molecule has 400 valence electrons. The molecule has 2 unspecified atom stereocenters. The van der Waals surface area contributed by atoms with Gasteiger partial charge in [-0.25, -0.2) is 0 Å². The SMILES string of the molecule is C[C@@H](O)[C@H](NC(=O)[C@H]1NC(=O)[C@H]([C@@H](C)O)NC(=O)C(CCCN)NC(=O)[C@@H](Cc2c[nH]c3ccccc23)NC(=O)[C@H](Cc2ccc(O)cc2)NC(=O)C(NC(=O)[C@H](N)Cc2ccccc2)CSSC1(C)C)C(N)=O. The number of rotatable bonds is 16. The maximum Gasteiger partial charge on any atom is 0.245 e. The molecular weight excluding hydrogens is 995 g/mol. The molecule has 3 aromatic carbocycles. The number of aliphatic hydroxyl groups is 2. The number of fused-ring (bicyclic) bond motifs is 1. The second kappa shape index (κ2) is 27.0. The van der Waals surface area contributed by atoms with E-state index in [1.54, 1.807) is 42.6 Å². The van der Waals surface area contributed by atoms with Crippen LogP contribution < -0.4 is 54.4 Å². The second-order valence-corrected chi connectivity index (χ2v) is 21.7. The fourth-order valence-electron chi connectivity index (χ4n) is 8.05. The Labute approximate surface area is 436 Å². The molecule has 0 aliphatic carbocycles. The molecule has 22 nitrogen and oxygen atoms in total. The molecule has 0 radical (unpaired) electrons. The zero-order valence-electron chi connectivity index (χ0n) is 41.5. The van der Waals surface area contributed by atoms with Gasteiger partial charge in [-0.15, -0.1) is 0 Å². The van der Waals surface area contributed by atoms with Crippen molar-refractivity contribution < 1.29 is 53.7 Å². The van der Waals surface area contributed by atoms with Crippen molar-refractivity contribution in [3.63, 3.8) is 0 Å². The molecule has 0 bridgehead atoms. The molecule has 74 heavy (non-hydrogen) atoms. The van der Waals surface area contributed by atoms with Crippen LogP contribution in [-0.4, -0.2) is 145 Å². The number of benzene rings is 3. The summed E-state index contributed by atoms with van der Waals surface area (Å²) in [4.78, 5) is 116. The normalized spacial score (nSPS) is 23.1. The van der Waals surface area contributed by atoms with Crippen LogP contribution in [0.2, 0.25) is 0 Å². The standard InChI is InChI=1S/C50H67N11O11S2/c1-26(62)39(42(53)65)59-49(72)41-50(3,4)74-73-25-38(58-43(66)33(52)21-28-11-6-5-7-12-28)47(70)56-36(22-29-16-18-31(64)19-17-29)45(68)57-37(23-30-24-54-34-14-9-8-13-32(30)34)46(69)55-35(15-10-20-51)44(67)60-40(27(2)63)48(71)61-41/h5-9,11-14,16-19,24,26-27,33,35-41,54,62-64H,10,15,20-23,25,51-52H2,1-4H3,(H2,53,65)(H,55,69)(H,56,70)(H,57,68)(H,58,66)(H,59,72)(H,60,67)(H,61,71)/t26-,27-,33-,35?,36+,37-,38?,39+,40+,41-/m1/s1. The molecule has 4 aromatic rings. The van der Waals surface area contributed by atoms with Crippen LogP contribution in [-0.2, 0) is 57.6 Å². The summed E-state index contributed by atoms with van der Waals surface area (Å²) in [5.74, 6) is -7.70. The number of aromatic amines is 1. The van der Waals surface area contributed by atoms with Crippen molar-refractivity contribution in [2.45, 2.75) is 125 Å². The number of nitrogens with two attached hydrogens (primary N) is 3. The van der Waals surface area contributed by atoms with Gasteiger partial charge in [0, 0.05) is 40.4 Å². The predicted octanol–water partition coefficient (Wildman–Crippen LogP) is -1.22. The van der Waals surface area contributed by atoms with Crippen LogP contribution in [0.3, 0.4) is 0 Å². The number of primary amides is 1. The first-order chi connectivity index (χ1) is 35.1. The fraction of sp³-hybridized carbons (Fsp3) is 0.440. The molecule has 1 saturated heterocycles. The van der Waals surface area contributed by atoms with Gasteiger partial charge < -0.3 is 74.7 Å². The first-order valence-corrected chi connectivity index (χ1v) is 26.3. The number of phenols is 1. The van der Waals surface area contributed by atoms with Crippen LogP contribution in [0, 0.1) is 0 Å². The van der Waals surface area contributed by atoms with E-state index in [9.17, 15) is 53.7 Å². The zero-order chi connectivity index (χ0) is 54.3. The number of amides is 8. The largest absolute Gasteiger partial charge is 0.508 e. The molecule has 8 amide bonds. The lowest BCUT2D eigenvalue weighted by Crippen LogP contribution is -2.65. The lowest BCUT2D eigenvalue weighted by atomic mass is 9.99. The Morgan fingerprint density at radius 1 is 0.770 bits per heavy atom. The highest BCUT2D eigenvalue weighted by Crippen LogP contribution is 2.39. The molecule has 0 saturated carbocycles. The molecule has 0 spiro atoms. The summed E-state index contributed by atoms with van der Waals surface area (Å²) in [6.07, 6.45) is -1.53. The van der Waals surface area contributed by atoms with Gasteiger partial charge in [-0.1, -0.05) is 82.3 Å². The highest BCUT2D eigenvalue weighted by Gasteiger charge is 2.43. The minimum Gasteiger partial charge on any atom is -0.508 e. The highest BCUT2D eigenvalue weighted by atomic mass is 33.1. The molecule has 1 aromatic heterocycles. The van der Waals surface area contributed by atoms with Gasteiger partial charge in [0.2, 0.25) is 47.3 Å². The Morgan fingerprint density at radius 2 is 1.38 bits per heavy atom. The number of carbonyl (C=O) groups excluding carboxylic acids is 8. The van der Waals surface area contributed by atoms with E-state index in [0.717, 1.165) is 38.1 Å². The van der Waals surface area contributed by atoms with E-state index in [1.807, 2.05) is 18.2 Å². The Hall–Kier alpha value is -6.70. The number of nitrogens with one attached hydrogen (secondary N) is 8. The number of phenolic OH excluding ortho intramolecular Hbond substituents is 1. The quantitative estimate of drug-likeness (QED) is 0.0585. The van der Waals surface area contributed by atoms with Gasteiger partial charge in [0.1, 0.15) is 48.0 Å². The summed E-state index contributed by atoms with van der Waals surface area (Å²) in [6, 6.07) is 10.1. The van der Waals surface area contributed by atoms with Gasteiger partial charge >= 0.3 is 0 Å². The van der Waals surface area contributed by atoms with Gasteiger partial charge in [-0.2, -0.15) is 0 Å². The van der Waals surface area contributed by atoms with E-state index < -0.39 is 113 Å². The fourth-order valence-corrected chi connectivity index (χ4v) is 10.9. The van der Waals surface area contributed by atoms with Crippen molar-refractivity contribution >= 4 is 79.7 Å². The Balaban J connectivity index is 1.62. The average molecular weight is 1060 g/mol. The van der Waals surface area contributed by atoms with Gasteiger partial charge in [0.15, 0.2) is 0 Å². The summed E-state index contributed by atoms with van der Waals surface area (Å²) in [7, 11) is 1.94. The number of aromatic hydroxyl groups is 1. The maximum absolute atomic E-state index is 14.8. The molecule has 1 fully saturated rings. The number of H-pyrrole nitrogens is 1. The van der Waals surface area contributed by atoms with Crippen LogP contribution >= 0.6 is 21.6 Å². The molecule has 10 atom stereocenters. The summed E-state index contributed by atoms with van der Waals surface area (Å²) >= 11 is 0. The first-order valence-electron chi connectivity index (χ1n) is 24.0. The molecule has 1 aliphatic rings. The van der Waals surface area contributed by atoms with Crippen molar-refractivity contribution in [1.82, 2.24) is 42.2 Å². The van der Waals surface area contributed by atoms with E-state index in [1.165, 1.54) is 52.0 Å². The van der Waals surface area contributed by atoms with Crippen LogP contribution in [0.5, 0.6) is 5.75 Å². The minimum atomic E-state index is -1.76. The van der Waals surface area contributed by atoms with Crippen molar-refractivity contribution in [1.29, 1.82) is 0 Å². The third-order valence-electron chi connectivity index (χ3n) is 12.2. The first kappa shape index (κ1) is 58.2. The number of para-hydroxylation sites is 1. The van der Waals surface area contributed by atoms with Crippen molar-refractivity contribution in [3.8, 4) is 5.75 Å². The summed E-state index contributed by atoms with van der Waals surface area (Å²) in [6.45, 7) is 5.57. The number of aliphatic hydroxyl groups excluding tert-OH is 2. The number of aromatic nitrogens is 1. The van der Waals surface area contributed by atoms with Crippen LogP contribution in [0.25, 0.3) is 10.9 Å². The molecular formula is C50H67N11O11S2. The summed E-state index contributed by atoms with van der Waals surface area (Å²) < 4.78 is -1.42. The number of carbonyl (C=O) groups is 8. The Morgan fingerprint density at radius 3 is 2.01 bits per heavy atom. The minimum absolute atomic E-state index is 0.0658. The maximum atomic E-state index is 14.8. The highest BCUT2D eigenvalue weighted by molar-refractivity contribution is 8.77. The zero-order valence-corrected chi connectivity index (χ0v) is 43.1. The average Bonchev–Trinajstić information content (AvgIpc) is 3.76. The van der Waals surface area contributed by atoms with Crippen LogP contribution in [0.15, 0.2) is 85.1 Å². The molecule has 17 N–H and O–H groups in total. The van der Waals surface area contributed by atoms with Crippen molar-refractivity contribution in [2.24, 2.45) is 17.2 Å². The smallest absolute Gasteiger partial charge is 0.245 e.